The molecule has 162 valence electrons. The van der Waals surface area contributed by atoms with Crippen molar-refractivity contribution in [2.24, 2.45) is 0 Å². The van der Waals surface area contributed by atoms with E-state index in [1.807, 2.05) is 47.8 Å². The lowest BCUT2D eigenvalue weighted by Gasteiger charge is -2.09. The van der Waals surface area contributed by atoms with Crippen molar-refractivity contribution in [3.8, 4) is 10.6 Å². The van der Waals surface area contributed by atoms with Gasteiger partial charge in [-0.05, 0) is 47.8 Å². The van der Waals surface area contributed by atoms with Crippen molar-refractivity contribution >= 4 is 46.1 Å². The zero-order valence-corrected chi connectivity index (χ0v) is 17.9. The van der Waals surface area contributed by atoms with Gasteiger partial charge in [0.15, 0.2) is 11.5 Å². The molecule has 4 heterocycles. The number of nitrogens with zero attached hydrogens (tertiary/aromatic N) is 4. The minimum atomic E-state index is -0.344. The van der Waals surface area contributed by atoms with Crippen LogP contribution in [0, 0.1) is 0 Å². The molecule has 1 amide bonds. The highest BCUT2D eigenvalue weighted by Gasteiger charge is 2.14. The van der Waals surface area contributed by atoms with Crippen molar-refractivity contribution in [1.82, 2.24) is 20.1 Å². The van der Waals surface area contributed by atoms with Gasteiger partial charge in [0.05, 0.1) is 4.88 Å². The first-order chi connectivity index (χ1) is 16.2. The van der Waals surface area contributed by atoms with Crippen LogP contribution in [0.25, 0.3) is 10.6 Å². The summed E-state index contributed by atoms with van der Waals surface area (Å²) in [6, 6.07) is 20.1. The first-order valence-electron chi connectivity index (χ1n) is 9.92. The summed E-state index contributed by atoms with van der Waals surface area (Å²) < 4.78 is 5.27. The predicted octanol–water partition coefficient (Wildman–Crippen LogP) is 5.33. The third kappa shape index (κ3) is 5.02. The molecule has 0 aliphatic heterocycles. The van der Waals surface area contributed by atoms with Gasteiger partial charge >= 0.3 is 0 Å². The van der Waals surface area contributed by atoms with Crippen molar-refractivity contribution in [1.29, 1.82) is 0 Å². The van der Waals surface area contributed by atoms with Gasteiger partial charge in [0, 0.05) is 29.7 Å². The van der Waals surface area contributed by atoms with Crippen molar-refractivity contribution < 1.29 is 9.32 Å². The average molecular weight is 456 g/mol. The van der Waals surface area contributed by atoms with Crippen molar-refractivity contribution in [2.75, 3.05) is 16.0 Å². The van der Waals surface area contributed by atoms with Crippen molar-refractivity contribution in [3.63, 3.8) is 0 Å². The molecule has 9 nitrogen and oxygen atoms in total. The number of hydrogen-bond donors (Lipinski definition) is 3. The number of pyridine rings is 1. The third-order valence-electron chi connectivity index (χ3n) is 4.51. The van der Waals surface area contributed by atoms with E-state index in [1.54, 1.807) is 30.5 Å². The number of carbonyl (C=O) groups excluding carboxylic acids is 1. The molecule has 4 aromatic heterocycles. The van der Waals surface area contributed by atoms with Crippen LogP contribution in [0.2, 0.25) is 0 Å². The van der Waals surface area contributed by atoms with E-state index in [4.69, 9.17) is 4.52 Å². The SMILES string of the molecule is O=C(Nc1ccc(Nc2cc(Nc3ccccn3)ncn2)cc1)c1cc(-c2cccs2)on1. The highest BCUT2D eigenvalue weighted by atomic mass is 32.1. The Balaban J connectivity index is 1.21. The van der Waals surface area contributed by atoms with E-state index in [9.17, 15) is 4.79 Å². The second-order valence-corrected chi connectivity index (χ2v) is 7.79. The molecule has 0 aliphatic carbocycles. The lowest BCUT2D eigenvalue weighted by molar-refractivity contribution is 0.101. The van der Waals surface area contributed by atoms with Gasteiger partial charge in [0.1, 0.15) is 23.8 Å². The number of rotatable bonds is 7. The van der Waals surface area contributed by atoms with E-state index >= 15 is 0 Å². The molecule has 0 radical (unpaired) electrons. The zero-order chi connectivity index (χ0) is 22.5. The van der Waals surface area contributed by atoms with E-state index in [2.05, 4.69) is 36.1 Å². The molecule has 0 atom stereocenters. The molecular formula is C23H17N7O2S. The number of thiophene rings is 1. The summed E-state index contributed by atoms with van der Waals surface area (Å²) in [7, 11) is 0. The van der Waals surface area contributed by atoms with Crippen molar-refractivity contribution in [2.45, 2.75) is 0 Å². The van der Waals surface area contributed by atoms with E-state index in [1.165, 1.54) is 17.7 Å². The smallest absolute Gasteiger partial charge is 0.277 e. The first kappa shape index (κ1) is 20.3. The quantitative estimate of drug-likeness (QED) is 0.301. The molecule has 0 spiro atoms. The number of anilines is 5. The fourth-order valence-electron chi connectivity index (χ4n) is 2.96. The first-order valence-corrected chi connectivity index (χ1v) is 10.8. The van der Waals surface area contributed by atoms with Gasteiger partial charge in [-0.15, -0.1) is 11.3 Å². The van der Waals surface area contributed by atoms with E-state index in [0.29, 0.717) is 28.9 Å². The van der Waals surface area contributed by atoms with Crippen LogP contribution < -0.4 is 16.0 Å². The fourth-order valence-corrected chi connectivity index (χ4v) is 3.63. The molecule has 0 bridgehead atoms. The number of hydrogen-bond acceptors (Lipinski definition) is 9. The molecule has 0 fully saturated rings. The highest BCUT2D eigenvalue weighted by molar-refractivity contribution is 7.13. The van der Waals surface area contributed by atoms with Gasteiger partial charge < -0.3 is 20.5 Å². The molecule has 33 heavy (non-hydrogen) atoms. The van der Waals surface area contributed by atoms with Crippen LogP contribution >= 0.6 is 11.3 Å². The van der Waals surface area contributed by atoms with Gasteiger partial charge in [-0.3, -0.25) is 4.79 Å². The Hall–Kier alpha value is -4.57. The molecule has 0 saturated heterocycles. The van der Waals surface area contributed by atoms with Gasteiger partial charge in [-0.25, -0.2) is 15.0 Å². The second-order valence-electron chi connectivity index (χ2n) is 6.84. The molecule has 5 aromatic rings. The third-order valence-corrected chi connectivity index (χ3v) is 5.39. The highest BCUT2D eigenvalue weighted by Crippen LogP contribution is 2.26. The molecule has 10 heteroatoms. The number of nitrogens with one attached hydrogen (secondary N) is 3. The molecule has 3 N–H and O–H groups in total. The van der Waals surface area contributed by atoms with Crippen LogP contribution in [0.5, 0.6) is 0 Å². The summed E-state index contributed by atoms with van der Waals surface area (Å²) in [6.07, 6.45) is 3.17. The van der Waals surface area contributed by atoms with Gasteiger partial charge in [0.2, 0.25) is 0 Å². The van der Waals surface area contributed by atoms with Gasteiger partial charge in [0.25, 0.3) is 5.91 Å². The molecule has 5 rings (SSSR count). The maximum absolute atomic E-state index is 12.5. The maximum atomic E-state index is 12.5. The van der Waals surface area contributed by atoms with Crippen LogP contribution in [-0.4, -0.2) is 26.0 Å². The largest absolute Gasteiger partial charge is 0.355 e. The monoisotopic (exact) mass is 455 g/mol. The van der Waals surface area contributed by atoms with Crippen LogP contribution in [-0.2, 0) is 0 Å². The number of aromatic nitrogens is 4. The second kappa shape index (κ2) is 9.28. The number of amides is 1. The maximum Gasteiger partial charge on any atom is 0.277 e. The molecule has 0 saturated carbocycles. The van der Waals surface area contributed by atoms with Crippen molar-refractivity contribution in [3.05, 3.63) is 90.3 Å². The number of carbonyl (C=O) groups is 1. The normalized spacial score (nSPS) is 10.5. The minimum Gasteiger partial charge on any atom is -0.355 e. The Morgan fingerprint density at radius 1 is 0.818 bits per heavy atom. The molecular weight excluding hydrogens is 438 g/mol. The summed E-state index contributed by atoms with van der Waals surface area (Å²) in [5.41, 5.74) is 1.65. The summed E-state index contributed by atoms with van der Waals surface area (Å²) in [5, 5.41) is 15.0. The van der Waals surface area contributed by atoms with Crippen LogP contribution in [0.4, 0.5) is 28.8 Å². The minimum absolute atomic E-state index is 0.217. The fraction of sp³-hybridized carbons (Fsp3) is 0. The summed E-state index contributed by atoms with van der Waals surface area (Å²) in [4.78, 5) is 26.1. The Labute approximate surface area is 192 Å². The Morgan fingerprint density at radius 2 is 1.64 bits per heavy atom. The van der Waals surface area contributed by atoms with E-state index in [-0.39, 0.29) is 11.6 Å². The Morgan fingerprint density at radius 3 is 2.39 bits per heavy atom. The van der Waals surface area contributed by atoms with Gasteiger partial charge in [-0.1, -0.05) is 17.3 Å². The lowest BCUT2D eigenvalue weighted by atomic mass is 10.2. The van der Waals surface area contributed by atoms with Gasteiger partial charge in [-0.2, -0.15) is 0 Å². The zero-order valence-electron chi connectivity index (χ0n) is 17.1. The molecule has 0 aliphatic rings. The summed E-state index contributed by atoms with van der Waals surface area (Å²) >= 11 is 1.52. The van der Waals surface area contributed by atoms with E-state index in [0.717, 1.165) is 10.6 Å². The standard InChI is InChI=1S/C23H17N7O2S/c31-23(17-12-18(32-30-17)19-4-3-11-33-19)28-16-8-6-15(7-9-16)27-21-13-22(26-14-25-21)29-20-5-1-2-10-24-20/h1-14H,(H,28,31)(H2,24,25,26,27,29). The van der Waals surface area contributed by atoms with Crippen LogP contribution in [0.15, 0.2) is 89.2 Å². The van der Waals surface area contributed by atoms with Crippen LogP contribution in [0.3, 0.4) is 0 Å². The number of benzene rings is 1. The van der Waals surface area contributed by atoms with Crippen LogP contribution in [0.1, 0.15) is 10.5 Å². The predicted molar refractivity (Wildman–Crippen MR) is 127 cm³/mol. The molecule has 1 aromatic carbocycles. The molecule has 0 unspecified atom stereocenters. The lowest BCUT2D eigenvalue weighted by Crippen LogP contribution is -2.12. The average Bonchev–Trinajstić information content (AvgIpc) is 3.54. The summed E-state index contributed by atoms with van der Waals surface area (Å²) in [6.45, 7) is 0. The van der Waals surface area contributed by atoms with E-state index < -0.39 is 0 Å². The Bertz CT molecular complexity index is 1350. The Kier molecular flexibility index (Phi) is 5.72. The summed E-state index contributed by atoms with van der Waals surface area (Å²) in [5.74, 6) is 2.14. The topological polar surface area (TPSA) is 118 Å².